The second kappa shape index (κ2) is 4.64. The zero-order valence-corrected chi connectivity index (χ0v) is 9.12. The molecule has 0 unspecified atom stereocenters. The van der Waals surface area contributed by atoms with Gasteiger partial charge in [0, 0.05) is 11.4 Å². The molecule has 0 amide bonds. The Bertz CT molecular complexity index is 402. The highest BCUT2D eigenvalue weighted by atomic mass is 16.5. The number of nitrogens with zero attached hydrogens (tertiary/aromatic N) is 1. The molecule has 0 N–H and O–H groups in total. The summed E-state index contributed by atoms with van der Waals surface area (Å²) in [5.74, 6) is -0.403. The maximum Gasteiger partial charge on any atom is 0.354 e. The van der Waals surface area contributed by atoms with Crippen LogP contribution in [0.1, 0.15) is 18.3 Å². The average molecular weight is 205 g/mol. The molecule has 0 bridgehead atoms. The van der Waals surface area contributed by atoms with Crippen LogP contribution in [0.15, 0.2) is 25.3 Å². The van der Waals surface area contributed by atoms with Crippen molar-refractivity contribution in [1.29, 1.82) is 0 Å². The van der Waals surface area contributed by atoms with Crippen LogP contribution in [0, 0.1) is 6.92 Å². The molecule has 0 aliphatic carbocycles. The van der Waals surface area contributed by atoms with E-state index >= 15 is 0 Å². The molecular formula is C12H15NO2. The molecular weight excluding hydrogens is 190 g/mol. The Morgan fingerprint density at radius 3 is 2.80 bits per heavy atom. The number of aryl methyl sites for hydroxylation is 1. The molecule has 15 heavy (non-hydrogen) atoms. The van der Waals surface area contributed by atoms with Crippen molar-refractivity contribution in [3.05, 3.63) is 36.7 Å². The topological polar surface area (TPSA) is 31.2 Å². The second-order valence-electron chi connectivity index (χ2n) is 3.11. The van der Waals surface area contributed by atoms with Crippen molar-refractivity contribution < 1.29 is 9.53 Å². The van der Waals surface area contributed by atoms with Gasteiger partial charge in [-0.1, -0.05) is 13.2 Å². The molecule has 0 saturated heterocycles. The summed E-state index contributed by atoms with van der Waals surface area (Å²) in [4.78, 5) is 11.5. The Morgan fingerprint density at radius 2 is 2.27 bits per heavy atom. The normalized spacial score (nSPS) is 9.73. The quantitative estimate of drug-likeness (QED) is 0.558. The minimum absolute atomic E-state index is 0.314. The lowest BCUT2D eigenvalue weighted by Gasteiger charge is -2.11. The van der Waals surface area contributed by atoms with Crippen molar-refractivity contribution in [2.45, 2.75) is 13.8 Å². The highest BCUT2D eigenvalue weighted by Crippen LogP contribution is 2.16. The van der Waals surface area contributed by atoms with E-state index in [1.165, 1.54) is 0 Å². The lowest BCUT2D eigenvalue weighted by atomic mass is 10.4. The molecule has 1 rings (SSSR count). The molecule has 0 radical (unpaired) electrons. The lowest BCUT2D eigenvalue weighted by Crippen LogP contribution is -2.13. The Balaban J connectivity index is 3.04. The predicted molar refractivity (Wildman–Crippen MR) is 61.2 cm³/mol. The van der Waals surface area contributed by atoms with E-state index in [2.05, 4.69) is 13.2 Å². The monoisotopic (exact) mass is 205 g/mol. The van der Waals surface area contributed by atoms with Crippen molar-refractivity contribution in [2.75, 3.05) is 6.61 Å². The Labute approximate surface area is 89.7 Å². The molecule has 0 fully saturated rings. The number of ether oxygens (including phenoxy) is 1. The van der Waals surface area contributed by atoms with E-state index in [0.717, 1.165) is 11.4 Å². The number of carbonyl (C=O) groups excluding carboxylic acids is 1. The second-order valence-corrected chi connectivity index (χ2v) is 3.11. The van der Waals surface area contributed by atoms with E-state index in [1.54, 1.807) is 17.6 Å². The molecule has 1 aromatic heterocycles. The van der Waals surface area contributed by atoms with Crippen LogP contribution in [0.5, 0.6) is 0 Å². The first-order valence-electron chi connectivity index (χ1n) is 4.79. The first kappa shape index (κ1) is 11.3. The number of aromatic nitrogens is 1. The van der Waals surface area contributed by atoms with Crippen LogP contribution in [-0.4, -0.2) is 17.1 Å². The average Bonchev–Trinajstić information content (AvgIpc) is 2.58. The first-order chi connectivity index (χ1) is 7.11. The summed E-state index contributed by atoms with van der Waals surface area (Å²) < 4.78 is 6.62. The van der Waals surface area contributed by atoms with Gasteiger partial charge in [-0.25, -0.2) is 4.79 Å². The standard InChI is InChI=1S/C12H15NO2/c1-5-11-8-7-9(3)13(11)10(4)12(14)15-6-2/h5,7-8H,1,4,6H2,2-3H3. The third-order valence-electron chi connectivity index (χ3n) is 2.10. The minimum atomic E-state index is -0.403. The van der Waals surface area contributed by atoms with E-state index in [0.29, 0.717) is 12.3 Å². The molecule has 1 heterocycles. The van der Waals surface area contributed by atoms with Crippen molar-refractivity contribution in [3.63, 3.8) is 0 Å². The molecule has 1 aromatic rings. The molecule has 0 atom stereocenters. The van der Waals surface area contributed by atoms with Gasteiger partial charge in [-0.05, 0) is 32.1 Å². The summed E-state index contributed by atoms with van der Waals surface area (Å²) in [5.41, 5.74) is 2.09. The summed E-state index contributed by atoms with van der Waals surface area (Å²) in [6.07, 6.45) is 1.68. The van der Waals surface area contributed by atoms with Crippen molar-refractivity contribution in [3.8, 4) is 0 Å². The van der Waals surface area contributed by atoms with Gasteiger partial charge in [0.25, 0.3) is 0 Å². The fourth-order valence-corrected chi connectivity index (χ4v) is 1.39. The molecule has 80 valence electrons. The lowest BCUT2D eigenvalue weighted by molar-refractivity contribution is -0.136. The van der Waals surface area contributed by atoms with E-state index in [-0.39, 0.29) is 0 Å². The van der Waals surface area contributed by atoms with Gasteiger partial charge in [-0.3, -0.25) is 0 Å². The highest BCUT2D eigenvalue weighted by molar-refractivity contribution is 6.09. The van der Waals surface area contributed by atoms with Crippen LogP contribution in [0.3, 0.4) is 0 Å². The predicted octanol–water partition coefficient (Wildman–Crippen LogP) is 2.47. The van der Waals surface area contributed by atoms with Crippen molar-refractivity contribution in [2.24, 2.45) is 0 Å². The zero-order valence-electron chi connectivity index (χ0n) is 9.12. The minimum Gasteiger partial charge on any atom is -0.461 e. The summed E-state index contributed by atoms with van der Waals surface area (Å²) in [6, 6.07) is 3.79. The van der Waals surface area contributed by atoms with E-state index < -0.39 is 5.97 Å². The number of hydrogen-bond acceptors (Lipinski definition) is 2. The third kappa shape index (κ3) is 2.18. The van der Waals surface area contributed by atoms with Gasteiger partial charge in [0.2, 0.25) is 0 Å². The molecule has 0 aliphatic rings. The summed E-state index contributed by atoms with van der Waals surface area (Å²) in [5, 5.41) is 0. The molecule has 3 heteroatoms. The van der Waals surface area contributed by atoms with Gasteiger partial charge in [-0.15, -0.1) is 0 Å². The van der Waals surface area contributed by atoms with Gasteiger partial charge in [0.15, 0.2) is 0 Å². The Hall–Kier alpha value is -1.77. The number of esters is 1. The van der Waals surface area contributed by atoms with E-state index in [4.69, 9.17) is 4.74 Å². The van der Waals surface area contributed by atoms with Crippen molar-refractivity contribution in [1.82, 2.24) is 4.57 Å². The van der Waals surface area contributed by atoms with E-state index in [9.17, 15) is 4.79 Å². The van der Waals surface area contributed by atoms with Gasteiger partial charge in [0.1, 0.15) is 5.70 Å². The number of hydrogen-bond donors (Lipinski definition) is 0. The van der Waals surface area contributed by atoms with E-state index in [1.807, 2.05) is 19.1 Å². The fraction of sp³-hybridized carbons (Fsp3) is 0.250. The Morgan fingerprint density at radius 1 is 1.60 bits per heavy atom. The van der Waals surface area contributed by atoms with Gasteiger partial charge in [0.05, 0.1) is 6.61 Å². The van der Waals surface area contributed by atoms with Crippen LogP contribution in [-0.2, 0) is 9.53 Å². The molecule has 3 nitrogen and oxygen atoms in total. The number of carbonyl (C=O) groups is 1. The zero-order chi connectivity index (χ0) is 11.4. The highest BCUT2D eigenvalue weighted by Gasteiger charge is 2.13. The Kier molecular flexibility index (Phi) is 3.50. The number of rotatable bonds is 4. The molecule has 0 spiro atoms. The smallest absolute Gasteiger partial charge is 0.354 e. The van der Waals surface area contributed by atoms with Gasteiger partial charge in [-0.2, -0.15) is 0 Å². The van der Waals surface area contributed by atoms with Gasteiger partial charge >= 0.3 is 5.97 Å². The SMILES string of the molecule is C=Cc1ccc(C)n1C(=C)C(=O)OCC. The van der Waals surface area contributed by atoms with Gasteiger partial charge < -0.3 is 9.30 Å². The molecule has 0 aromatic carbocycles. The molecule has 0 aliphatic heterocycles. The van der Waals surface area contributed by atoms with Crippen LogP contribution >= 0.6 is 0 Å². The maximum atomic E-state index is 11.5. The van der Waals surface area contributed by atoms with Crippen LogP contribution in [0.4, 0.5) is 0 Å². The largest absolute Gasteiger partial charge is 0.461 e. The van der Waals surface area contributed by atoms with Crippen LogP contribution < -0.4 is 0 Å². The summed E-state index contributed by atoms with van der Waals surface area (Å²) >= 11 is 0. The fourth-order valence-electron chi connectivity index (χ4n) is 1.39. The van der Waals surface area contributed by atoms with Crippen LogP contribution in [0.2, 0.25) is 0 Å². The van der Waals surface area contributed by atoms with Crippen LogP contribution in [0.25, 0.3) is 11.8 Å². The third-order valence-corrected chi connectivity index (χ3v) is 2.10. The van der Waals surface area contributed by atoms with Crippen molar-refractivity contribution >= 4 is 17.7 Å². The maximum absolute atomic E-state index is 11.5. The summed E-state index contributed by atoms with van der Waals surface area (Å²) in [6.45, 7) is 11.4. The first-order valence-corrected chi connectivity index (χ1v) is 4.79. The molecule has 0 saturated carbocycles. The summed E-state index contributed by atoms with van der Waals surface area (Å²) in [7, 11) is 0.